The van der Waals surface area contributed by atoms with Gasteiger partial charge in [0.1, 0.15) is 0 Å². The lowest BCUT2D eigenvalue weighted by Crippen LogP contribution is -2.03. The molecule has 0 atom stereocenters. The molecule has 0 radical (unpaired) electrons. The Bertz CT molecular complexity index is 534. The Balaban J connectivity index is 2.14. The second-order valence-corrected chi connectivity index (χ2v) is 4.89. The first kappa shape index (κ1) is 12.0. The Labute approximate surface area is 109 Å². The maximum absolute atomic E-state index is 12.0. The molecule has 0 N–H and O–H groups in total. The fourth-order valence-corrected chi connectivity index (χ4v) is 1.99. The smallest absolute Gasteiger partial charge is 0.167 e. The Kier molecular flexibility index (Phi) is 3.69. The number of halogens is 1. The van der Waals surface area contributed by atoms with Gasteiger partial charge in [-0.25, -0.2) is 0 Å². The SMILES string of the molecule is Cc1ccc(C(=O)Cc2cncc(Br)c2)cc1. The fraction of sp³-hybridized carbons (Fsp3) is 0.143. The van der Waals surface area contributed by atoms with Gasteiger partial charge in [-0.05, 0) is 34.5 Å². The van der Waals surface area contributed by atoms with Gasteiger partial charge in [0, 0.05) is 28.9 Å². The Morgan fingerprint density at radius 1 is 1.24 bits per heavy atom. The quantitative estimate of drug-likeness (QED) is 0.809. The van der Waals surface area contributed by atoms with Crippen LogP contribution in [0.2, 0.25) is 0 Å². The van der Waals surface area contributed by atoms with Crippen LogP contribution < -0.4 is 0 Å². The molecule has 0 saturated heterocycles. The van der Waals surface area contributed by atoms with E-state index in [4.69, 9.17) is 0 Å². The zero-order valence-electron chi connectivity index (χ0n) is 9.48. The molecule has 2 nitrogen and oxygen atoms in total. The van der Waals surface area contributed by atoms with E-state index in [9.17, 15) is 4.79 Å². The highest BCUT2D eigenvalue weighted by molar-refractivity contribution is 9.10. The van der Waals surface area contributed by atoms with E-state index in [0.29, 0.717) is 6.42 Å². The molecule has 1 aromatic heterocycles. The third-order valence-corrected chi connectivity index (χ3v) is 2.93. The van der Waals surface area contributed by atoms with Crippen LogP contribution in [0.1, 0.15) is 21.5 Å². The van der Waals surface area contributed by atoms with Crippen molar-refractivity contribution in [3.05, 3.63) is 63.9 Å². The first-order chi connectivity index (χ1) is 8.15. The van der Waals surface area contributed by atoms with Crippen LogP contribution in [0.3, 0.4) is 0 Å². The number of benzene rings is 1. The van der Waals surface area contributed by atoms with E-state index in [1.165, 1.54) is 0 Å². The maximum atomic E-state index is 12.0. The first-order valence-electron chi connectivity index (χ1n) is 5.34. The lowest BCUT2D eigenvalue weighted by Gasteiger charge is -2.02. The van der Waals surface area contributed by atoms with Crippen LogP contribution in [0, 0.1) is 6.92 Å². The average Bonchev–Trinajstić information content (AvgIpc) is 2.29. The Morgan fingerprint density at radius 2 is 1.94 bits per heavy atom. The number of aromatic nitrogens is 1. The van der Waals surface area contributed by atoms with E-state index in [1.54, 1.807) is 12.4 Å². The van der Waals surface area contributed by atoms with Crippen LogP contribution in [0.5, 0.6) is 0 Å². The van der Waals surface area contributed by atoms with Gasteiger partial charge in [0.25, 0.3) is 0 Å². The van der Waals surface area contributed by atoms with Crippen LogP contribution in [-0.4, -0.2) is 10.8 Å². The molecule has 3 heteroatoms. The predicted molar refractivity (Wildman–Crippen MR) is 71.2 cm³/mol. The zero-order chi connectivity index (χ0) is 12.3. The molecule has 1 heterocycles. The van der Waals surface area contributed by atoms with E-state index in [1.807, 2.05) is 37.3 Å². The average molecular weight is 290 g/mol. The molecule has 0 fully saturated rings. The second kappa shape index (κ2) is 5.23. The molecule has 0 aliphatic heterocycles. The van der Waals surface area contributed by atoms with E-state index in [-0.39, 0.29) is 5.78 Å². The molecule has 0 saturated carbocycles. The van der Waals surface area contributed by atoms with Gasteiger partial charge >= 0.3 is 0 Å². The molecule has 1 aromatic carbocycles. The molecule has 86 valence electrons. The summed E-state index contributed by atoms with van der Waals surface area (Å²) >= 11 is 3.34. The topological polar surface area (TPSA) is 30.0 Å². The summed E-state index contributed by atoms with van der Waals surface area (Å²) in [4.78, 5) is 16.0. The minimum Gasteiger partial charge on any atom is -0.294 e. The molecule has 0 amide bonds. The van der Waals surface area contributed by atoms with E-state index in [2.05, 4.69) is 20.9 Å². The van der Waals surface area contributed by atoms with Gasteiger partial charge in [0.15, 0.2) is 5.78 Å². The number of aryl methyl sites for hydroxylation is 1. The van der Waals surface area contributed by atoms with E-state index in [0.717, 1.165) is 21.2 Å². The normalized spacial score (nSPS) is 10.2. The van der Waals surface area contributed by atoms with Gasteiger partial charge in [-0.3, -0.25) is 9.78 Å². The van der Waals surface area contributed by atoms with Gasteiger partial charge in [0.05, 0.1) is 0 Å². The van der Waals surface area contributed by atoms with Crippen molar-refractivity contribution in [1.82, 2.24) is 4.98 Å². The number of ketones is 1. The third-order valence-electron chi connectivity index (χ3n) is 2.50. The number of hydrogen-bond acceptors (Lipinski definition) is 2. The highest BCUT2D eigenvalue weighted by Crippen LogP contribution is 2.12. The van der Waals surface area contributed by atoms with E-state index < -0.39 is 0 Å². The number of rotatable bonds is 3. The van der Waals surface area contributed by atoms with E-state index >= 15 is 0 Å². The summed E-state index contributed by atoms with van der Waals surface area (Å²) in [5.74, 6) is 0.116. The van der Waals surface area contributed by atoms with Crippen molar-refractivity contribution in [3.63, 3.8) is 0 Å². The Morgan fingerprint density at radius 3 is 2.59 bits per heavy atom. The first-order valence-corrected chi connectivity index (χ1v) is 6.14. The van der Waals surface area contributed by atoms with Crippen molar-refractivity contribution < 1.29 is 4.79 Å². The summed E-state index contributed by atoms with van der Waals surface area (Å²) in [6.45, 7) is 2.01. The van der Waals surface area contributed by atoms with Crippen molar-refractivity contribution in [2.45, 2.75) is 13.3 Å². The highest BCUT2D eigenvalue weighted by atomic mass is 79.9. The third kappa shape index (κ3) is 3.24. The summed E-state index contributed by atoms with van der Waals surface area (Å²) < 4.78 is 0.895. The second-order valence-electron chi connectivity index (χ2n) is 3.98. The molecule has 2 aromatic rings. The summed E-state index contributed by atoms with van der Waals surface area (Å²) in [5.41, 5.74) is 2.83. The van der Waals surface area contributed by atoms with Gasteiger partial charge in [-0.1, -0.05) is 29.8 Å². The molecular formula is C14H12BrNO. The van der Waals surface area contributed by atoms with Crippen LogP contribution in [0.25, 0.3) is 0 Å². The number of nitrogens with zero attached hydrogens (tertiary/aromatic N) is 1. The lowest BCUT2D eigenvalue weighted by molar-refractivity contribution is 0.0993. The predicted octanol–water partition coefficient (Wildman–Crippen LogP) is 3.58. The molecule has 17 heavy (non-hydrogen) atoms. The minimum absolute atomic E-state index is 0.116. The van der Waals surface area contributed by atoms with Crippen molar-refractivity contribution in [3.8, 4) is 0 Å². The zero-order valence-corrected chi connectivity index (χ0v) is 11.1. The van der Waals surface area contributed by atoms with Gasteiger partial charge in [-0.15, -0.1) is 0 Å². The summed E-state index contributed by atoms with van der Waals surface area (Å²) in [5, 5.41) is 0. The number of carbonyl (C=O) groups excluding carboxylic acids is 1. The molecule has 0 aliphatic carbocycles. The Hall–Kier alpha value is -1.48. The van der Waals surface area contributed by atoms with Crippen LogP contribution >= 0.6 is 15.9 Å². The highest BCUT2D eigenvalue weighted by Gasteiger charge is 2.07. The van der Waals surface area contributed by atoms with Gasteiger partial charge in [-0.2, -0.15) is 0 Å². The summed E-state index contributed by atoms with van der Waals surface area (Å²) in [6.07, 6.45) is 3.81. The van der Waals surface area contributed by atoms with Crippen LogP contribution in [0.4, 0.5) is 0 Å². The summed E-state index contributed by atoms with van der Waals surface area (Å²) in [7, 11) is 0. The fourth-order valence-electron chi connectivity index (χ4n) is 1.58. The lowest BCUT2D eigenvalue weighted by atomic mass is 10.0. The van der Waals surface area contributed by atoms with Gasteiger partial charge in [0.2, 0.25) is 0 Å². The molecule has 0 spiro atoms. The van der Waals surface area contributed by atoms with Gasteiger partial charge < -0.3 is 0 Å². The molecule has 0 aliphatic rings. The van der Waals surface area contributed by atoms with Crippen molar-refractivity contribution in [1.29, 1.82) is 0 Å². The molecular weight excluding hydrogens is 278 g/mol. The standard InChI is InChI=1S/C14H12BrNO/c1-10-2-4-12(5-3-10)14(17)7-11-6-13(15)9-16-8-11/h2-6,8-9H,7H2,1H3. The summed E-state index contributed by atoms with van der Waals surface area (Å²) in [6, 6.07) is 9.55. The largest absolute Gasteiger partial charge is 0.294 e. The monoisotopic (exact) mass is 289 g/mol. The van der Waals surface area contributed by atoms with Crippen LogP contribution in [-0.2, 0) is 6.42 Å². The number of hydrogen-bond donors (Lipinski definition) is 0. The number of pyridine rings is 1. The number of Topliss-reactive ketones (excluding diaryl/α,β-unsaturated/α-hetero) is 1. The molecule has 0 unspecified atom stereocenters. The molecule has 2 rings (SSSR count). The van der Waals surface area contributed by atoms with Crippen molar-refractivity contribution in [2.75, 3.05) is 0 Å². The minimum atomic E-state index is 0.116. The molecule has 0 bridgehead atoms. The van der Waals surface area contributed by atoms with Crippen molar-refractivity contribution >= 4 is 21.7 Å². The van der Waals surface area contributed by atoms with Crippen LogP contribution in [0.15, 0.2) is 47.2 Å². The van der Waals surface area contributed by atoms with Crippen molar-refractivity contribution in [2.24, 2.45) is 0 Å². The maximum Gasteiger partial charge on any atom is 0.167 e. The number of carbonyl (C=O) groups is 1.